The summed E-state index contributed by atoms with van der Waals surface area (Å²) in [4.78, 5) is 36.8. The fraction of sp³-hybridized carbons (Fsp3) is 0.118. The number of benzene rings is 2. The number of amides is 3. The van der Waals surface area contributed by atoms with E-state index < -0.39 is 16.5 Å². The van der Waals surface area contributed by atoms with Crippen LogP contribution in [0.25, 0.3) is 11.1 Å². The Morgan fingerprint density at radius 3 is 2.39 bits per heavy atom. The molecule has 1 unspecified atom stereocenters. The number of nitrogens with zero attached hydrogens (tertiary/aromatic N) is 1. The summed E-state index contributed by atoms with van der Waals surface area (Å²) in [5.41, 5.74) is 2.40. The topological polar surface area (TPSA) is 66.5 Å². The lowest BCUT2D eigenvalue weighted by Crippen LogP contribution is -2.40. The third-order valence-corrected chi connectivity index (χ3v) is 4.63. The van der Waals surface area contributed by atoms with Gasteiger partial charge in [-0.1, -0.05) is 42.5 Å². The number of imide groups is 1. The molecule has 1 saturated heterocycles. The van der Waals surface area contributed by atoms with Crippen molar-refractivity contribution < 1.29 is 14.4 Å². The molecule has 0 saturated carbocycles. The number of carbonyl (C=O) groups is 3. The van der Waals surface area contributed by atoms with E-state index in [0.717, 1.165) is 22.9 Å². The highest BCUT2D eigenvalue weighted by Gasteiger charge is 2.37. The van der Waals surface area contributed by atoms with E-state index in [1.165, 1.54) is 11.9 Å². The van der Waals surface area contributed by atoms with Gasteiger partial charge < -0.3 is 4.90 Å². The van der Waals surface area contributed by atoms with Gasteiger partial charge in [0.25, 0.3) is 17.1 Å². The van der Waals surface area contributed by atoms with Gasteiger partial charge in [-0.2, -0.15) is 0 Å². The molecular formula is C17H14N2O3S. The molecule has 0 radical (unpaired) electrons. The van der Waals surface area contributed by atoms with Gasteiger partial charge >= 0.3 is 0 Å². The van der Waals surface area contributed by atoms with Crippen molar-refractivity contribution in [1.82, 2.24) is 10.2 Å². The van der Waals surface area contributed by atoms with Gasteiger partial charge in [-0.25, -0.2) is 0 Å². The zero-order chi connectivity index (χ0) is 16.4. The molecule has 116 valence electrons. The molecule has 1 atom stereocenters. The van der Waals surface area contributed by atoms with E-state index in [-0.39, 0.29) is 5.91 Å². The van der Waals surface area contributed by atoms with Crippen molar-refractivity contribution in [2.24, 2.45) is 0 Å². The van der Waals surface area contributed by atoms with Crippen molar-refractivity contribution >= 4 is 28.8 Å². The Hall–Kier alpha value is -2.60. The maximum Gasteiger partial charge on any atom is 0.288 e. The Bertz CT molecular complexity index is 776. The Kier molecular flexibility index (Phi) is 4.16. The predicted molar refractivity (Wildman–Crippen MR) is 88.9 cm³/mol. The van der Waals surface area contributed by atoms with E-state index in [0.29, 0.717) is 5.56 Å². The molecule has 1 N–H and O–H groups in total. The first kappa shape index (κ1) is 15.3. The average molecular weight is 326 g/mol. The van der Waals surface area contributed by atoms with Crippen LogP contribution in [-0.2, 0) is 4.79 Å². The third-order valence-electron chi connectivity index (χ3n) is 3.56. The maximum atomic E-state index is 12.6. The average Bonchev–Trinajstić information content (AvgIpc) is 2.93. The molecule has 1 aliphatic rings. The van der Waals surface area contributed by atoms with Crippen molar-refractivity contribution in [2.45, 2.75) is 5.37 Å². The van der Waals surface area contributed by atoms with Crippen molar-refractivity contribution in [3.8, 4) is 11.1 Å². The van der Waals surface area contributed by atoms with Crippen molar-refractivity contribution in [3.63, 3.8) is 0 Å². The Morgan fingerprint density at radius 1 is 1.04 bits per heavy atom. The number of thioether (sulfide) groups is 1. The van der Waals surface area contributed by atoms with Crippen LogP contribution in [0.5, 0.6) is 0 Å². The molecule has 0 bridgehead atoms. The number of likely N-dealkylation sites (N-methyl/N-ethyl adjacent to an activating group) is 1. The van der Waals surface area contributed by atoms with Gasteiger partial charge in [-0.15, -0.1) is 0 Å². The monoisotopic (exact) mass is 326 g/mol. The van der Waals surface area contributed by atoms with E-state index >= 15 is 0 Å². The molecule has 0 aliphatic carbocycles. The maximum absolute atomic E-state index is 12.6. The Balaban J connectivity index is 1.85. The van der Waals surface area contributed by atoms with Crippen LogP contribution < -0.4 is 5.32 Å². The van der Waals surface area contributed by atoms with Crippen LogP contribution in [0.1, 0.15) is 10.4 Å². The Morgan fingerprint density at radius 2 is 1.74 bits per heavy atom. The Labute approximate surface area is 137 Å². The van der Waals surface area contributed by atoms with Crippen molar-refractivity contribution in [1.29, 1.82) is 0 Å². The second-order valence-electron chi connectivity index (χ2n) is 5.11. The molecule has 2 aromatic carbocycles. The summed E-state index contributed by atoms with van der Waals surface area (Å²) in [6.07, 6.45) is 0. The van der Waals surface area contributed by atoms with Gasteiger partial charge in [0.15, 0.2) is 5.37 Å². The summed E-state index contributed by atoms with van der Waals surface area (Å²) < 4.78 is 0. The van der Waals surface area contributed by atoms with Gasteiger partial charge in [-0.3, -0.25) is 19.7 Å². The third kappa shape index (κ3) is 3.12. The predicted octanol–water partition coefficient (Wildman–Crippen LogP) is 2.73. The minimum Gasteiger partial charge on any atom is -0.321 e. The number of hydrogen-bond donors (Lipinski definition) is 1. The van der Waals surface area contributed by atoms with Crippen LogP contribution in [0.2, 0.25) is 0 Å². The summed E-state index contributed by atoms with van der Waals surface area (Å²) in [6, 6.07) is 16.9. The van der Waals surface area contributed by atoms with Crippen molar-refractivity contribution in [3.05, 3.63) is 60.2 Å². The highest BCUT2D eigenvalue weighted by molar-refractivity contribution is 8.15. The highest BCUT2D eigenvalue weighted by atomic mass is 32.2. The minimum atomic E-state index is -0.824. The molecule has 6 heteroatoms. The molecule has 23 heavy (non-hydrogen) atoms. The minimum absolute atomic E-state index is 0.301. The van der Waals surface area contributed by atoms with Crippen LogP contribution in [0.3, 0.4) is 0 Å². The van der Waals surface area contributed by atoms with Gasteiger partial charge in [0.2, 0.25) is 0 Å². The number of carbonyl (C=O) groups excluding carboxylic acids is 3. The first-order chi connectivity index (χ1) is 11.1. The first-order valence-electron chi connectivity index (χ1n) is 7.00. The normalized spacial score (nSPS) is 17.0. The summed E-state index contributed by atoms with van der Waals surface area (Å²) in [7, 11) is 1.52. The molecule has 0 aromatic heterocycles. The molecule has 2 aromatic rings. The SMILES string of the molecule is CN(C(=O)c1cccc(-c2ccccc2)c1)C1SC(=O)NC1=O. The zero-order valence-electron chi connectivity index (χ0n) is 12.4. The van der Waals surface area contributed by atoms with Crippen LogP contribution in [0.4, 0.5) is 4.79 Å². The fourth-order valence-electron chi connectivity index (χ4n) is 2.37. The highest BCUT2D eigenvalue weighted by Crippen LogP contribution is 2.25. The molecule has 3 rings (SSSR count). The second-order valence-corrected chi connectivity index (χ2v) is 6.16. The lowest BCUT2D eigenvalue weighted by atomic mass is 10.0. The van der Waals surface area contributed by atoms with Gasteiger partial charge in [-0.05, 0) is 35.0 Å². The van der Waals surface area contributed by atoms with Gasteiger partial charge in [0.1, 0.15) is 0 Å². The van der Waals surface area contributed by atoms with E-state index in [1.54, 1.807) is 18.2 Å². The van der Waals surface area contributed by atoms with Crippen LogP contribution in [0, 0.1) is 0 Å². The molecule has 1 fully saturated rings. The second kappa shape index (κ2) is 6.26. The summed E-state index contributed by atoms with van der Waals surface area (Å²) >= 11 is 0.811. The molecule has 1 heterocycles. The largest absolute Gasteiger partial charge is 0.321 e. The van der Waals surface area contributed by atoms with Crippen LogP contribution >= 0.6 is 11.8 Å². The van der Waals surface area contributed by atoms with E-state index in [1.807, 2.05) is 36.4 Å². The number of hydrogen-bond acceptors (Lipinski definition) is 4. The zero-order valence-corrected chi connectivity index (χ0v) is 13.2. The van der Waals surface area contributed by atoms with Gasteiger partial charge in [0, 0.05) is 12.6 Å². The summed E-state index contributed by atoms with van der Waals surface area (Å²) in [5.74, 6) is -0.764. The van der Waals surface area contributed by atoms with Crippen LogP contribution in [0.15, 0.2) is 54.6 Å². The quantitative estimate of drug-likeness (QED) is 0.942. The standard InChI is InChI=1S/C17H14N2O3S/c1-19(16-14(20)18-17(22)23-16)15(21)13-9-5-8-12(10-13)11-6-3-2-4-7-11/h2-10,16H,1H3,(H,18,20,22). The molecule has 0 spiro atoms. The molecule has 5 nitrogen and oxygen atoms in total. The summed E-state index contributed by atoms with van der Waals surface area (Å²) in [6.45, 7) is 0. The van der Waals surface area contributed by atoms with E-state index in [2.05, 4.69) is 5.32 Å². The van der Waals surface area contributed by atoms with E-state index in [9.17, 15) is 14.4 Å². The summed E-state index contributed by atoms with van der Waals surface area (Å²) in [5, 5.41) is 0.926. The fourth-order valence-corrected chi connectivity index (χ4v) is 3.16. The smallest absolute Gasteiger partial charge is 0.288 e. The molecule has 3 amide bonds. The van der Waals surface area contributed by atoms with Crippen molar-refractivity contribution in [2.75, 3.05) is 7.05 Å². The van der Waals surface area contributed by atoms with Crippen LogP contribution in [-0.4, -0.2) is 34.4 Å². The number of rotatable bonds is 3. The lowest BCUT2D eigenvalue weighted by Gasteiger charge is -2.21. The number of nitrogens with one attached hydrogen (secondary N) is 1. The molecular weight excluding hydrogens is 312 g/mol. The molecule has 1 aliphatic heterocycles. The van der Waals surface area contributed by atoms with E-state index in [4.69, 9.17) is 0 Å². The lowest BCUT2D eigenvalue weighted by molar-refractivity contribution is -0.120. The first-order valence-corrected chi connectivity index (χ1v) is 7.88. The van der Waals surface area contributed by atoms with Gasteiger partial charge in [0.05, 0.1) is 0 Å².